The van der Waals surface area contributed by atoms with E-state index in [4.69, 9.17) is 4.74 Å². The molecule has 0 bridgehead atoms. The Labute approximate surface area is 148 Å². The molecule has 3 heterocycles. The molecular weight excluding hydrogens is 318 g/mol. The van der Waals surface area contributed by atoms with E-state index in [2.05, 4.69) is 10.6 Å². The number of carbonyl (C=O) groups is 2. The van der Waals surface area contributed by atoms with Gasteiger partial charge in [0, 0.05) is 38.1 Å². The number of rotatable bonds is 3. The fourth-order valence-corrected chi connectivity index (χ4v) is 4.38. The lowest BCUT2D eigenvalue weighted by Gasteiger charge is -2.29. The highest BCUT2D eigenvalue weighted by molar-refractivity contribution is 5.84. The zero-order chi connectivity index (χ0) is 17.2. The summed E-state index contributed by atoms with van der Waals surface area (Å²) in [7, 11) is 0. The lowest BCUT2D eigenvalue weighted by atomic mass is 9.86. The van der Waals surface area contributed by atoms with Gasteiger partial charge in [-0.15, -0.1) is 0 Å². The van der Waals surface area contributed by atoms with E-state index in [0.29, 0.717) is 32.8 Å². The molecule has 3 aliphatic rings. The number of aromatic nitrogens is 1. The zero-order valence-electron chi connectivity index (χ0n) is 14.8. The molecule has 1 atom stereocenters. The van der Waals surface area contributed by atoms with E-state index in [9.17, 15) is 9.59 Å². The molecule has 1 aromatic heterocycles. The molecule has 0 spiro atoms. The average molecular weight is 345 g/mol. The van der Waals surface area contributed by atoms with Crippen LogP contribution in [0.5, 0.6) is 0 Å². The Morgan fingerprint density at radius 3 is 2.56 bits per heavy atom. The maximum absolute atomic E-state index is 12.9. The van der Waals surface area contributed by atoms with Crippen LogP contribution in [-0.2, 0) is 27.3 Å². The third-order valence-corrected chi connectivity index (χ3v) is 5.78. The van der Waals surface area contributed by atoms with Gasteiger partial charge in [-0.2, -0.15) is 0 Å². The van der Waals surface area contributed by atoms with Crippen LogP contribution in [0.3, 0.4) is 0 Å². The number of hydrogen-bond acceptors (Lipinski definition) is 3. The summed E-state index contributed by atoms with van der Waals surface area (Å²) in [5.74, 6) is 0.423. The van der Waals surface area contributed by atoms with E-state index < -0.39 is 0 Å². The predicted octanol–water partition coefficient (Wildman–Crippen LogP) is 1.39. The van der Waals surface area contributed by atoms with Crippen molar-refractivity contribution in [2.75, 3.05) is 39.4 Å². The van der Waals surface area contributed by atoms with E-state index in [1.54, 1.807) is 0 Å². The maximum atomic E-state index is 12.9. The van der Waals surface area contributed by atoms with Crippen molar-refractivity contribution in [1.29, 1.82) is 0 Å². The molecule has 0 aromatic carbocycles. The van der Waals surface area contributed by atoms with Crippen molar-refractivity contribution >= 4 is 11.8 Å². The van der Waals surface area contributed by atoms with Crippen molar-refractivity contribution in [3.63, 3.8) is 0 Å². The number of fused-ring (bicyclic) bond motifs is 1. The first-order valence-corrected chi connectivity index (χ1v) is 9.56. The summed E-state index contributed by atoms with van der Waals surface area (Å²) in [5, 5.41) is 0. The van der Waals surface area contributed by atoms with Crippen molar-refractivity contribution in [2.24, 2.45) is 0 Å². The first-order chi connectivity index (χ1) is 12.2. The summed E-state index contributed by atoms with van der Waals surface area (Å²) in [6.07, 6.45) is 7.17. The van der Waals surface area contributed by atoms with Gasteiger partial charge in [0.2, 0.25) is 11.8 Å². The second kappa shape index (κ2) is 7.20. The molecule has 4 rings (SSSR count). The highest BCUT2D eigenvalue weighted by Gasteiger charge is 2.33. The summed E-state index contributed by atoms with van der Waals surface area (Å²) in [6.45, 7) is 4.79. The van der Waals surface area contributed by atoms with Gasteiger partial charge in [0.05, 0.1) is 19.1 Å². The molecule has 0 N–H and O–H groups in total. The molecular formula is C19H27N3O3. The van der Waals surface area contributed by atoms with E-state index in [1.807, 2.05) is 16.0 Å². The molecule has 2 amide bonds. The number of morpholine rings is 1. The smallest absolute Gasteiger partial charge is 0.242 e. The molecule has 0 radical (unpaired) electrons. The van der Waals surface area contributed by atoms with Gasteiger partial charge in [-0.3, -0.25) is 9.59 Å². The number of likely N-dealkylation sites (tertiary alicyclic amines) is 1. The van der Waals surface area contributed by atoms with Gasteiger partial charge >= 0.3 is 0 Å². The molecule has 2 saturated heterocycles. The molecule has 1 aromatic rings. The SMILES string of the molecule is O=C(Cn1ccc2c1CCCC2C(=O)N1CCCC1)N1CCOCC1. The maximum Gasteiger partial charge on any atom is 0.242 e. The first kappa shape index (κ1) is 16.6. The average Bonchev–Trinajstić information content (AvgIpc) is 3.32. The summed E-state index contributed by atoms with van der Waals surface area (Å²) in [4.78, 5) is 29.3. The third kappa shape index (κ3) is 3.32. The van der Waals surface area contributed by atoms with Crippen LogP contribution >= 0.6 is 0 Å². The van der Waals surface area contributed by atoms with Crippen LogP contribution in [0.1, 0.15) is 42.9 Å². The summed E-state index contributed by atoms with van der Waals surface area (Å²) in [6, 6.07) is 2.07. The van der Waals surface area contributed by atoms with Crippen molar-refractivity contribution < 1.29 is 14.3 Å². The summed E-state index contributed by atoms with van der Waals surface area (Å²) >= 11 is 0. The Balaban J connectivity index is 1.48. The Morgan fingerprint density at radius 2 is 1.80 bits per heavy atom. The molecule has 136 valence electrons. The molecule has 6 nitrogen and oxygen atoms in total. The van der Waals surface area contributed by atoms with Gasteiger partial charge in [0.25, 0.3) is 0 Å². The van der Waals surface area contributed by atoms with Crippen LogP contribution in [0, 0.1) is 0 Å². The highest BCUT2D eigenvalue weighted by Crippen LogP contribution is 2.34. The van der Waals surface area contributed by atoms with Crippen LogP contribution in [0.15, 0.2) is 12.3 Å². The van der Waals surface area contributed by atoms with Crippen molar-refractivity contribution in [3.05, 3.63) is 23.5 Å². The van der Waals surface area contributed by atoms with Crippen molar-refractivity contribution in [1.82, 2.24) is 14.4 Å². The van der Waals surface area contributed by atoms with E-state index >= 15 is 0 Å². The standard InChI is InChI=1S/C19H27N3O3/c23-18(20-10-12-25-13-11-20)14-22-9-6-15-16(4-3-5-17(15)22)19(24)21-7-1-2-8-21/h6,9,16H,1-5,7-8,10-14H2. The van der Waals surface area contributed by atoms with Crippen LogP contribution in [0.2, 0.25) is 0 Å². The number of amides is 2. The minimum atomic E-state index is -0.0124. The van der Waals surface area contributed by atoms with Gasteiger partial charge in [-0.05, 0) is 43.7 Å². The fraction of sp³-hybridized carbons (Fsp3) is 0.684. The number of carbonyl (C=O) groups excluding carboxylic acids is 2. The Hall–Kier alpha value is -1.82. The van der Waals surface area contributed by atoms with Crippen LogP contribution in [0.4, 0.5) is 0 Å². The molecule has 1 unspecified atom stereocenters. The largest absolute Gasteiger partial charge is 0.378 e. The minimum absolute atomic E-state index is 0.0124. The van der Waals surface area contributed by atoms with Crippen molar-refractivity contribution in [2.45, 2.75) is 44.6 Å². The topological polar surface area (TPSA) is 54.8 Å². The molecule has 2 aliphatic heterocycles. The molecule has 2 fully saturated rings. The van der Waals surface area contributed by atoms with Gasteiger partial charge in [0.1, 0.15) is 6.54 Å². The van der Waals surface area contributed by atoms with Gasteiger partial charge in [0.15, 0.2) is 0 Å². The number of nitrogens with zero attached hydrogens (tertiary/aromatic N) is 3. The van der Waals surface area contributed by atoms with E-state index in [-0.39, 0.29) is 17.7 Å². The molecule has 0 saturated carbocycles. The number of ether oxygens (including phenoxy) is 1. The Bertz CT molecular complexity index is 642. The molecule has 6 heteroatoms. The summed E-state index contributed by atoms with van der Waals surface area (Å²) < 4.78 is 7.39. The van der Waals surface area contributed by atoms with E-state index in [0.717, 1.165) is 50.8 Å². The monoisotopic (exact) mass is 345 g/mol. The Kier molecular flexibility index (Phi) is 4.79. The Morgan fingerprint density at radius 1 is 1.04 bits per heavy atom. The first-order valence-electron chi connectivity index (χ1n) is 9.56. The zero-order valence-corrected chi connectivity index (χ0v) is 14.8. The summed E-state index contributed by atoms with van der Waals surface area (Å²) in [5.41, 5.74) is 2.34. The van der Waals surface area contributed by atoms with Crippen LogP contribution < -0.4 is 0 Å². The fourth-order valence-electron chi connectivity index (χ4n) is 4.38. The quantitative estimate of drug-likeness (QED) is 0.832. The third-order valence-electron chi connectivity index (χ3n) is 5.78. The number of hydrogen-bond donors (Lipinski definition) is 0. The highest BCUT2D eigenvalue weighted by atomic mass is 16.5. The predicted molar refractivity (Wildman–Crippen MR) is 93.3 cm³/mol. The second-order valence-electron chi connectivity index (χ2n) is 7.32. The lowest BCUT2D eigenvalue weighted by Crippen LogP contribution is -2.42. The molecule has 1 aliphatic carbocycles. The van der Waals surface area contributed by atoms with Gasteiger partial charge in [-0.1, -0.05) is 0 Å². The van der Waals surface area contributed by atoms with Crippen LogP contribution in [-0.4, -0.2) is 65.6 Å². The minimum Gasteiger partial charge on any atom is -0.378 e. The van der Waals surface area contributed by atoms with Crippen molar-refractivity contribution in [3.8, 4) is 0 Å². The normalized spacial score (nSPS) is 23.6. The van der Waals surface area contributed by atoms with Crippen LogP contribution in [0.25, 0.3) is 0 Å². The molecule has 25 heavy (non-hydrogen) atoms. The van der Waals surface area contributed by atoms with E-state index in [1.165, 1.54) is 5.69 Å². The van der Waals surface area contributed by atoms with Gasteiger partial charge < -0.3 is 19.1 Å². The lowest BCUT2D eigenvalue weighted by molar-refractivity contribution is -0.135. The van der Waals surface area contributed by atoms with Gasteiger partial charge in [-0.25, -0.2) is 0 Å². The second-order valence-corrected chi connectivity index (χ2v) is 7.32.